The van der Waals surface area contributed by atoms with Crippen molar-refractivity contribution >= 4 is 31.6 Å². The summed E-state index contributed by atoms with van der Waals surface area (Å²) in [6, 6.07) is 8.90. The van der Waals surface area contributed by atoms with Gasteiger partial charge in [0.25, 0.3) is 10.0 Å². The molecule has 1 N–H and O–H groups in total. The minimum Gasteiger partial charge on any atom is -0.280 e. The third kappa shape index (κ3) is 4.04. The number of aromatic nitrogens is 1. The number of anilines is 1. The number of sulfonamides is 1. The number of pyridine rings is 1. The summed E-state index contributed by atoms with van der Waals surface area (Å²) >= 11 is 3.22. The van der Waals surface area contributed by atoms with E-state index in [0.717, 1.165) is 5.56 Å². The summed E-state index contributed by atoms with van der Waals surface area (Å²) in [6.45, 7) is 6.33. The van der Waals surface area contributed by atoms with Crippen LogP contribution >= 0.6 is 15.9 Å². The highest BCUT2D eigenvalue weighted by molar-refractivity contribution is 9.10. The van der Waals surface area contributed by atoms with E-state index in [1.165, 1.54) is 18.5 Å². The molecule has 0 fully saturated rings. The van der Waals surface area contributed by atoms with Crippen molar-refractivity contribution in [3.8, 4) is 0 Å². The zero-order valence-corrected chi connectivity index (χ0v) is 14.5. The average molecular weight is 369 g/mol. The Hall–Kier alpha value is -1.40. The normalized spacial score (nSPS) is 12.2. The number of nitrogens with one attached hydrogen (secondary N) is 1. The first-order valence-corrected chi connectivity index (χ1v) is 8.70. The van der Waals surface area contributed by atoms with Gasteiger partial charge in [-0.05, 0) is 45.1 Å². The Morgan fingerprint density at radius 3 is 2.24 bits per heavy atom. The molecular formula is C15H17BrN2O2S. The van der Waals surface area contributed by atoms with Crippen LogP contribution in [0.25, 0.3) is 0 Å². The molecule has 1 aromatic carbocycles. The highest BCUT2D eigenvalue weighted by Crippen LogP contribution is 2.24. The van der Waals surface area contributed by atoms with Crippen LogP contribution < -0.4 is 4.72 Å². The number of hydrogen-bond donors (Lipinski definition) is 1. The summed E-state index contributed by atoms with van der Waals surface area (Å²) < 4.78 is 27.7. The lowest BCUT2D eigenvalue weighted by Crippen LogP contribution is -2.14. The fourth-order valence-electron chi connectivity index (χ4n) is 1.79. The van der Waals surface area contributed by atoms with Crippen molar-refractivity contribution in [3.05, 3.63) is 52.8 Å². The Kier molecular flexibility index (Phi) is 4.39. The van der Waals surface area contributed by atoms with E-state index in [9.17, 15) is 8.42 Å². The minimum absolute atomic E-state index is 0.0334. The molecule has 0 amide bonds. The number of halogens is 1. The van der Waals surface area contributed by atoms with Crippen molar-refractivity contribution in [3.63, 3.8) is 0 Å². The van der Waals surface area contributed by atoms with Gasteiger partial charge in [0.05, 0.1) is 0 Å². The van der Waals surface area contributed by atoms with Crippen LogP contribution in [0.1, 0.15) is 26.3 Å². The fourth-order valence-corrected chi connectivity index (χ4v) is 3.35. The zero-order valence-electron chi connectivity index (χ0n) is 12.1. The van der Waals surface area contributed by atoms with Crippen LogP contribution in [0.3, 0.4) is 0 Å². The zero-order chi connectivity index (χ0) is 15.7. The highest BCUT2D eigenvalue weighted by atomic mass is 79.9. The lowest BCUT2D eigenvalue weighted by molar-refractivity contribution is 0.590. The Balaban J connectivity index is 2.25. The molecule has 4 nitrogen and oxygen atoms in total. The first-order valence-electron chi connectivity index (χ1n) is 6.42. The summed E-state index contributed by atoms with van der Waals surface area (Å²) in [5, 5.41) is 0. The van der Waals surface area contributed by atoms with Gasteiger partial charge < -0.3 is 0 Å². The third-order valence-corrected chi connectivity index (χ3v) is 4.78. The number of nitrogens with zero attached hydrogens (tertiary/aromatic N) is 1. The smallest absolute Gasteiger partial charge is 0.263 e. The predicted octanol–water partition coefficient (Wildman–Crippen LogP) is 3.94. The largest absolute Gasteiger partial charge is 0.280 e. The Morgan fingerprint density at radius 2 is 1.71 bits per heavy atom. The molecule has 0 saturated carbocycles. The molecule has 112 valence electrons. The number of benzene rings is 1. The second kappa shape index (κ2) is 5.77. The van der Waals surface area contributed by atoms with Gasteiger partial charge in [-0.3, -0.25) is 9.71 Å². The number of rotatable bonds is 3. The molecule has 0 aliphatic carbocycles. The van der Waals surface area contributed by atoms with Crippen LogP contribution in [-0.2, 0) is 15.4 Å². The molecule has 0 atom stereocenters. The second-order valence-electron chi connectivity index (χ2n) is 5.77. The highest BCUT2D eigenvalue weighted by Gasteiger charge is 2.16. The minimum atomic E-state index is -3.63. The molecule has 1 aromatic heterocycles. The van der Waals surface area contributed by atoms with Gasteiger partial charge in [0.2, 0.25) is 0 Å². The summed E-state index contributed by atoms with van der Waals surface area (Å²) in [5.41, 5.74) is 1.71. The van der Waals surface area contributed by atoms with Crippen molar-refractivity contribution in [2.24, 2.45) is 0 Å². The molecule has 0 radical (unpaired) electrons. The average Bonchev–Trinajstić information content (AvgIpc) is 2.38. The van der Waals surface area contributed by atoms with Crippen LogP contribution in [0.4, 0.5) is 5.69 Å². The maximum absolute atomic E-state index is 12.3. The molecule has 2 aromatic rings. The predicted molar refractivity (Wildman–Crippen MR) is 87.9 cm³/mol. The summed E-state index contributed by atoms with van der Waals surface area (Å²) in [5.74, 6) is 0. The fraction of sp³-hybridized carbons (Fsp3) is 0.267. The van der Waals surface area contributed by atoms with E-state index < -0.39 is 10.0 Å². The van der Waals surface area contributed by atoms with Gasteiger partial charge in [-0.15, -0.1) is 0 Å². The maximum Gasteiger partial charge on any atom is 0.263 e. The van der Waals surface area contributed by atoms with E-state index in [-0.39, 0.29) is 10.3 Å². The van der Waals surface area contributed by atoms with Crippen molar-refractivity contribution < 1.29 is 8.42 Å². The molecule has 0 bridgehead atoms. The maximum atomic E-state index is 12.3. The van der Waals surface area contributed by atoms with E-state index in [1.54, 1.807) is 12.1 Å². The van der Waals surface area contributed by atoms with Crippen LogP contribution in [-0.4, -0.2) is 13.4 Å². The van der Waals surface area contributed by atoms with E-state index in [4.69, 9.17) is 0 Å². The molecule has 0 aliphatic heterocycles. The van der Waals surface area contributed by atoms with Gasteiger partial charge in [0, 0.05) is 22.6 Å². The molecule has 0 aliphatic rings. The molecule has 0 spiro atoms. The number of hydrogen-bond acceptors (Lipinski definition) is 3. The van der Waals surface area contributed by atoms with Gasteiger partial charge in [-0.1, -0.05) is 32.9 Å². The topological polar surface area (TPSA) is 59.1 Å². The van der Waals surface area contributed by atoms with Gasteiger partial charge in [-0.2, -0.15) is 0 Å². The van der Waals surface area contributed by atoms with Gasteiger partial charge in [0.15, 0.2) is 0 Å². The lowest BCUT2D eigenvalue weighted by Gasteiger charge is -2.19. The third-order valence-electron chi connectivity index (χ3n) is 2.99. The van der Waals surface area contributed by atoms with E-state index >= 15 is 0 Å². The van der Waals surface area contributed by atoms with Crippen LogP contribution in [0.2, 0.25) is 0 Å². The van der Waals surface area contributed by atoms with Gasteiger partial charge in [-0.25, -0.2) is 8.42 Å². The van der Waals surface area contributed by atoms with E-state index in [0.29, 0.717) is 10.2 Å². The first-order chi connectivity index (χ1) is 9.68. The quantitative estimate of drug-likeness (QED) is 0.892. The molecule has 1 heterocycles. The van der Waals surface area contributed by atoms with Crippen LogP contribution in [0, 0.1) is 0 Å². The SMILES string of the molecule is CC(C)(C)c1ccc(NS(=O)(=O)c2cncc(Br)c2)cc1. The molecule has 2 rings (SSSR count). The van der Waals surface area contributed by atoms with E-state index in [2.05, 4.69) is 46.4 Å². The van der Waals surface area contributed by atoms with E-state index in [1.807, 2.05) is 12.1 Å². The summed E-state index contributed by atoms with van der Waals surface area (Å²) in [6.07, 6.45) is 2.85. The van der Waals surface area contributed by atoms with Crippen molar-refractivity contribution in [2.75, 3.05) is 4.72 Å². The Morgan fingerprint density at radius 1 is 1.10 bits per heavy atom. The molecule has 0 saturated heterocycles. The van der Waals surface area contributed by atoms with Gasteiger partial charge in [0.1, 0.15) is 4.90 Å². The van der Waals surface area contributed by atoms with Crippen LogP contribution in [0.5, 0.6) is 0 Å². The Bertz CT molecular complexity index is 735. The monoisotopic (exact) mass is 368 g/mol. The first kappa shape index (κ1) is 16.0. The molecule has 0 unspecified atom stereocenters. The van der Waals surface area contributed by atoms with Crippen molar-refractivity contribution in [1.29, 1.82) is 0 Å². The molecule has 21 heavy (non-hydrogen) atoms. The van der Waals surface area contributed by atoms with Crippen molar-refractivity contribution in [2.45, 2.75) is 31.1 Å². The molecular weight excluding hydrogens is 352 g/mol. The molecule has 6 heteroatoms. The van der Waals surface area contributed by atoms with Gasteiger partial charge >= 0.3 is 0 Å². The summed E-state index contributed by atoms with van der Waals surface area (Å²) in [7, 11) is -3.63. The second-order valence-corrected chi connectivity index (χ2v) is 8.37. The van der Waals surface area contributed by atoms with Crippen LogP contribution in [0.15, 0.2) is 52.1 Å². The Labute approximate surface area is 133 Å². The standard InChI is InChI=1S/C15H17BrN2O2S/c1-15(2,3)11-4-6-13(7-5-11)18-21(19,20)14-8-12(16)9-17-10-14/h4-10,18H,1-3H3. The van der Waals surface area contributed by atoms with Crippen molar-refractivity contribution in [1.82, 2.24) is 4.98 Å². The lowest BCUT2D eigenvalue weighted by atomic mass is 9.87. The summed E-state index contributed by atoms with van der Waals surface area (Å²) in [4.78, 5) is 3.99.